The van der Waals surface area contributed by atoms with Crippen LogP contribution in [0.15, 0.2) is 150 Å². The third kappa shape index (κ3) is 14.4. The minimum Gasteiger partial charge on any atom is -0.423 e. The van der Waals surface area contributed by atoms with Gasteiger partial charge in [0.05, 0.1) is 5.56 Å². The van der Waals surface area contributed by atoms with Gasteiger partial charge < -0.3 is 30.3 Å². The molecule has 2 aliphatic rings. The van der Waals surface area contributed by atoms with Gasteiger partial charge in [0.1, 0.15) is 22.2 Å². The van der Waals surface area contributed by atoms with E-state index in [1.165, 1.54) is 10.4 Å². The lowest BCUT2D eigenvalue weighted by Gasteiger charge is -2.38. The number of nitrogens with one attached hydrogen (secondary N) is 1. The summed E-state index contributed by atoms with van der Waals surface area (Å²) in [6, 6.07) is 30.1. The quantitative estimate of drug-likeness (QED) is 0.0140. The summed E-state index contributed by atoms with van der Waals surface area (Å²) in [7, 11) is 2.13. The Labute approximate surface area is 495 Å². The number of carbonyl (C=O) groups is 2. The van der Waals surface area contributed by atoms with Crippen molar-refractivity contribution in [3.05, 3.63) is 195 Å². The fourth-order valence-corrected chi connectivity index (χ4v) is 14.8. The summed E-state index contributed by atoms with van der Waals surface area (Å²) < 4.78 is 45.4. The third-order valence-electron chi connectivity index (χ3n) is 16.3. The minimum absolute atomic E-state index is 0. The monoisotopic (exact) mass is 1160 g/mol. The Bertz CT molecular complexity index is 3660. The molecular formula is C67H81B2F3N5O6Si+. The van der Waals surface area contributed by atoms with Gasteiger partial charge in [-0.05, 0) is 170 Å². The SMILES string of the molecule is C.C=C(C)C(=O)CCCCN(Cc1cc(C)ccc1B(O)O)Cc1c2ccccc2c(CN(CCCNC(=O)C(=C)C)Cc2cc(C(F)(F)F)ccc2B(O)O)c2ccc(C3=C4C=CC(=[N+](C)C)C=C4[Si](C)(C)c4cc(N(C)C)ccc43)cc12. The zero-order chi connectivity index (χ0) is 60.2. The van der Waals surface area contributed by atoms with Gasteiger partial charge in [0.25, 0.3) is 0 Å². The normalized spacial score (nSPS) is 13.6. The molecular weight excluding hydrogens is 1080 g/mol. The van der Waals surface area contributed by atoms with E-state index < -0.39 is 34.1 Å². The van der Waals surface area contributed by atoms with Crippen molar-refractivity contribution in [3.8, 4) is 0 Å². The molecule has 6 aromatic carbocycles. The summed E-state index contributed by atoms with van der Waals surface area (Å²) in [6.45, 7) is 19.8. The molecule has 1 heterocycles. The van der Waals surface area contributed by atoms with Gasteiger partial charge in [0.2, 0.25) is 5.91 Å². The van der Waals surface area contributed by atoms with Crippen molar-refractivity contribution in [2.24, 2.45) is 0 Å². The van der Waals surface area contributed by atoms with Crippen LogP contribution in [0, 0.1) is 6.92 Å². The van der Waals surface area contributed by atoms with Gasteiger partial charge in [-0.15, -0.1) is 0 Å². The molecule has 1 amide bonds. The van der Waals surface area contributed by atoms with Gasteiger partial charge in [0, 0.05) is 83.2 Å². The molecule has 0 saturated heterocycles. The Hall–Kier alpha value is -6.95. The first-order valence-corrected chi connectivity index (χ1v) is 31.3. The van der Waals surface area contributed by atoms with Crippen molar-refractivity contribution in [1.29, 1.82) is 0 Å². The van der Waals surface area contributed by atoms with Gasteiger partial charge in [0.15, 0.2) is 11.5 Å². The Morgan fingerprint density at radius 2 is 1.30 bits per heavy atom. The molecule has 0 unspecified atom stereocenters. The first-order chi connectivity index (χ1) is 39.2. The third-order valence-corrected chi connectivity index (χ3v) is 19.8. The Morgan fingerprint density at radius 1 is 0.702 bits per heavy atom. The van der Waals surface area contributed by atoms with E-state index in [9.17, 15) is 42.9 Å². The zero-order valence-corrected chi connectivity index (χ0v) is 50.3. The van der Waals surface area contributed by atoms with Crippen LogP contribution in [0.4, 0.5) is 18.9 Å². The largest absolute Gasteiger partial charge is 0.488 e. The number of allylic oxidation sites excluding steroid dienone is 6. The number of fused-ring (bicyclic) bond motifs is 4. The average Bonchev–Trinajstić information content (AvgIpc) is 1.23. The number of benzene rings is 6. The number of halogens is 3. The molecule has 0 spiro atoms. The molecule has 6 aromatic rings. The molecule has 5 N–H and O–H groups in total. The summed E-state index contributed by atoms with van der Waals surface area (Å²) in [5.41, 5.74) is 10.6. The number of hydrogen-bond acceptors (Lipinski definition) is 9. The van der Waals surface area contributed by atoms with E-state index in [2.05, 4.69) is 141 Å². The Morgan fingerprint density at radius 3 is 1.88 bits per heavy atom. The standard InChI is InChI=1S/C66H76B2F3N5O6Si.CH4/c1-42(2)61(77)19-14-15-31-75(38-46-33-44(5)20-28-59(46)67(79)80)41-58-52-18-13-12-17-51(52)57(40-76(32-16-30-72-65(78)43(3)4)39-47-34-48(66(69,70)71)22-29-60(47)68(81)82)53-25-21-45(35-56(53)58)64-54-26-23-49(73(6)7)36-62(54)83(10,11)63-37-50(74(8)9)24-27-55(63)64;/h12-13,17-18,20-29,33-37,79-82H,1,3,14-16,19,30-32,38-41H2,2,4-11H3;1H4/p+1. The smallest absolute Gasteiger partial charge is 0.423 e. The molecule has 17 heteroatoms. The van der Waals surface area contributed by atoms with Crippen LogP contribution in [0.3, 0.4) is 0 Å². The van der Waals surface area contributed by atoms with Crippen molar-refractivity contribution in [3.63, 3.8) is 0 Å². The fraction of sp³-hybridized carbons (Fsp3) is 0.328. The van der Waals surface area contributed by atoms with Gasteiger partial charge in [-0.3, -0.25) is 19.4 Å². The van der Waals surface area contributed by atoms with Crippen molar-refractivity contribution < 1.29 is 47.4 Å². The van der Waals surface area contributed by atoms with E-state index in [0.29, 0.717) is 68.5 Å². The summed E-state index contributed by atoms with van der Waals surface area (Å²) in [4.78, 5) is 32.0. The second-order valence-corrected chi connectivity index (χ2v) is 27.7. The topological polar surface area (TPSA) is 140 Å². The average molecular weight is 1160 g/mol. The molecule has 0 bridgehead atoms. The molecule has 11 nitrogen and oxygen atoms in total. The van der Waals surface area contributed by atoms with E-state index in [0.717, 1.165) is 95.7 Å². The highest BCUT2D eigenvalue weighted by Gasteiger charge is 2.41. The van der Waals surface area contributed by atoms with Gasteiger partial charge in [-0.1, -0.05) is 112 Å². The highest BCUT2D eigenvalue weighted by Crippen LogP contribution is 2.44. The van der Waals surface area contributed by atoms with Crippen molar-refractivity contribution in [1.82, 2.24) is 15.1 Å². The van der Waals surface area contributed by atoms with Crippen LogP contribution >= 0.6 is 0 Å². The summed E-state index contributed by atoms with van der Waals surface area (Å²) >= 11 is 0. The van der Waals surface area contributed by atoms with Gasteiger partial charge in [-0.25, -0.2) is 4.58 Å². The van der Waals surface area contributed by atoms with Crippen LogP contribution in [0.2, 0.25) is 13.1 Å². The molecule has 0 aromatic heterocycles. The molecule has 0 saturated carbocycles. The minimum atomic E-state index is -4.70. The molecule has 8 rings (SSSR count). The number of carbonyl (C=O) groups excluding carboxylic acids is 2. The van der Waals surface area contributed by atoms with Crippen LogP contribution in [0.25, 0.3) is 27.1 Å². The highest BCUT2D eigenvalue weighted by molar-refractivity contribution is 6.98. The predicted molar refractivity (Wildman–Crippen MR) is 343 cm³/mol. The maximum atomic E-state index is 14.4. The lowest BCUT2D eigenvalue weighted by molar-refractivity contribution is -0.462. The maximum absolute atomic E-state index is 14.4. The van der Waals surface area contributed by atoms with Crippen molar-refractivity contribution in [2.45, 2.75) is 99.3 Å². The Balaban J connectivity index is 0.0000101. The lowest BCUT2D eigenvalue weighted by atomic mass is 9.76. The van der Waals surface area contributed by atoms with Gasteiger partial charge in [-0.2, -0.15) is 13.2 Å². The highest BCUT2D eigenvalue weighted by atomic mass is 28.3. The summed E-state index contributed by atoms with van der Waals surface area (Å²) in [5.74, 6) is -0.305. The fourth-order valence-electron chi connectivity index (χ4n) is 11.7. The number of anilines is 1. The van der Waals surface area contributed by atoms with Crippen LogP contribution in [0.1, 0.15) is 91.5 Å². The molecule has 0 atom stereocenters. The Kier molecular flexibility index (Phi) is 20.7. The van der Waals surface area contributed by atoms with Crippen molar-refractivity contribution >= 4 is 88.6 Å². The molecule has 0 radical (unpaired) electrons. The molecule has 84 heavy (non-hydrogen) atoms. The molecule has 1 aliphatic heterocycles. The summed E-state index contributed by atoms with van der Waals surface area (Å²) in [6.07, 6.45) is 4.12. The predicted octanol–water partition coefficient (Wildman–Crippen LogP) is 9.26. The zero-order valence-electron chi connectivity index (χ0n) is 49.3. The lowest BCUT2D eigenvalue weighted by Crippen LogP contribution is -2.49. The number of Topliss-reactive ketones (excluding diaryl/α,β-unsaturated/α-hetero) is 1. The number of alkyl halides is 3. The first-order valence-electron chi connectivity index (χ1n) is 28.3. The van der Waals surface area contributed by atoms with E-state index >= 15 is 0 Å². The van der Waals surface area contributed by atoms with Crippen LogP contribution in [0.5, 0.6) is 0 Å². The second-order valence-electron chi connectivity index (χ2n) is 23.3. The van der Waals surface area contributed by atoms with Gasteiger partial charge >= 0.3 is 20.4 Å². The van der Waals surface area contributed by atoms with Crippen LogP contribution in [-0.4, -0.2) is 122 Å². The van der Waals surface area contributed by atoms with Crippen molar-refractivity contribution in [2.75, 3.05) is 52.7 Å². The number of hydrogen-bond donors (Lipinski definition) is 5. The van der Waals surface area contributed by atoms with E-state index in [4.69, 9.17) is 0 Å². The molecule has 1 aliphatic carbocycles. The second kappa shape index (κ2) is 27.0. The van der Waals surface area contributed by atoms with E-state index in [-0.39, 0.29) is 49.8 Å². The van der Waals surface area contributed by atoms with E-state index in [1.807, 2.05) is 36.1 Å². The maximum Gasteiger partial charge on any atom is 0.488 e. The number of rotatable bonds is 23. The number of ketones is 1. The number of aryl methyl sites for hydroxylation is 1. The van der Waals surface area contributed by atoms with Crippen LogP contribution in [-0.2, 0) is 41.9 Å². The van der Waals surface area contributed by atoms with Crippen LogP contribution < -0.4 is 26.3 Å². The summed E-state index contributed by atoms with van der Waals surface area (Å²) in [5, 5.41) is 51.8. The number of amides is 1. The molecule has 0 fully saturated rings. The number of nitrogens with zero attached hydrogens (tertiary/aromatic N) is 4. The van der Waals surface area contributed by atoms with E-state index in [1.54, 1.807) is 19.9 Å². The molecule has 440 valence electrons. The first kappa shape index (κ1) is 64.6. The number of unbranched alkanes of at least 4 members (excludes halogenated alkanes) is 1.